The van der Waals surface area contributed by atoms with Gasteiger partial charge in [-0.2, -0.15) is 5.10 Å². The van der Waals surface area contributed by atoms with Crippen LogP contribution < -0.4 is 5.32 Å². The molecule has 5 heteroatoms. The maximum Gasteiger partial charge on any atom is 0.228 e. The van der Waals surface area contributed by atoms with E-state index in [4.69, 9.17) is 0 Å². The van der Waals surface area contributed by atoms with Crippen LogP contribution in [0.1, 0.15) is 52.0 Å². The Kier molecular flexibility index (Phi) is 4.74. The zero-order valence-electron chi connectivity index (χ0n) is 13.8. The van der Waals surface area contributed by atoms with Crippen LogP contribution in [0.25, 0.3) is 11.1 Å². The normalized spacial score (nSPS) is 15.8. The van der Waals surface area contributed by atoms with E-state index in [1.54, 1.807) is 6.20 Å². The number of aromatic nitrogens is 3. The van der Waals surface area contributed by atoms with Gasteiger partial charge >= 0.3 is 0 Å². The van der Waals surface area contributed by atoms with Gasteiger partial charge in [-0.3, -0.25) is 9.48 Å². The van der Waals surface area contributed by atoms with Crippen LogP contribution in [-0.2, 0) is 4.79 Å². The number of carbonyl (C=O) groups is 1. The molecule has 0 aliphatic heterocycles. The fraction of sp³-hybridized carbons (Fsp3) is 0.500. The average molecular weight is 312 g/mol. The molecule has 1 aliphatic rings. The molecule has 0 atom stereocenters. The van der Waals surface area contributed by atoms with Crippen LogP contribution in [0.3, 0.4) is 0 Å². The Labute approximate surface area is 137 Å². The molecule has 2 aromatic heterocycles. The summed E-state index contributed by atoms with van der Waals surface area (Å²) in [5.41, 5.74) is 2.06. The van der Waals surface area contributed by atoms with E-state index in [1.807, 2.05) is 29.2 Å². The lowest BCUT2D eigenvalue weighted by atomic mass is 9.89. The molecule has 0 radical (unpaired) electrons. The SMILES string of the molecule is CC(C)n1cc(-c2ccnc(NC(=O)C3CCCCC3)c2)cn1. The van der Waals surface area contributed by atoms with E-state index in [1.165, 1.54) is 6.42 Å². The van der Waals surface area contributed by atoms with E-state index in [2.05, 4.69) is 29.2 Å². The maximum atomic E-state index is 12.3. The van der Waals surface area contributed by atoms with Crippen molar-refractivity contribution in [2.45, 2.75) is 52.0 Å². The second-order valence-electron chi connectivity index (χ2n) is 6.56. The first-order valence-electron chi connectivity index (χ1n) is 8.45. The lowest BCUT2D eigenvalue weighted by Crippen LogP contribution is -2.25. The first-order valence-corrected chi connectivity index (χ1v) is 8.45. The van der Waals surface area contributed by atoms with Crippen LogP contribution in [0.15, 0.2) is 30.7 Å². The average Bonchev–Trinajstić information content (AvgIpc) is 3.06. The summed E-state index contributed by atoms with van der Waals surface area (Å²) in [6.45, 7) is 4.19. The van der Waals surface area contributed by atoms with Crippen molar-refractivity contribution < 1.29 is 4.79 Å². The molecule has 1 saturated carbocycles. The number of carbonyl (C=O) groups excluding carboxylic acids is 1. The first kappa shape index (κ1) is 15.7. The zero-order chi connectivity index (χ0) is 16.2. The Morgan fingerprint density at radius 3 is 2.74 bits per heavy atom. The van der Waals surface area contributed by atoms with Crippen LogP contribution in [0, 0.1) is 5.92 Å². The Hall–Kier alpha value is -2.17. The fourth-order valence-corrected chi connectivity index (χ4v) is 3.04. The predicted octanol–water partition coefficient (Wildman–Crippen LogP) is 4.04. The number of pyridine rings is 1. The van der Waals surface area contributed by atoms with Crippen LogP contribution in [0.2, 0.25) is 0 Å². The van der Waals surface area contributed by atoms with Crippen molar-refractivity contribution >= 4 is 11.7 Å². The molecule has 0 bridgehead atoms. The largest absolute Gasteiger partial charge is 0.310 e. The molecule has 2 heterocycles. The number of nitrogens with one attached hydrogen (secondary N) is 1. The van der Waals surface area contributed by atoms with Gasteiger partial charge in [0.15, 0.2) is 0 Å². The van der Waals surface area contributed by atoms with Gasteiger partial charge < -0.3 is 5.32 Å². The van der Waals surface area contributed by atoms with Gasteiger partial charge in [0.1, 0.15) is 5.82 Å². The van der Waals surface area contributed by atoms with Crippen molar-refractivity contribution in [3.05, 3.63) is 30.7 Å². The highest BCUT2D eigenvalue weighted by atomic mass is 16.1. The molecular weight excluding hydrogens is 288 g/mol. The summed E-state index contributed by atoms with van der Waals surface area (Å²) >= 11 is 0. The van der Waals surface area contributed by atoms with Crippen molar-refractivity contribution in [1.82, 2.24) is 14.8 Å². The predicted molar refractivity (Wildman–Crippen MR) is 91.0 cm³/mol. The molecule has 0 unspecified atom stereocenters. The Morgan fingerprint density at radius 1 is 1.26 bits per heavy atom. The Balaban J connectivity index is 1.72. The topological polar surface area (TPSA) is 59.8 Å². The van der Waals surface area contributed by atoms with Crippen molar-refractivity contribution in [1.29, 1.82) is 0 Å². The maximum absolute atomic E-state index is 12.3. The monoisotopic (exact) mass is 312 g/mol. The van der Waals surface area contributed by atoms with Crippen LogP contribution in [-0.4, -0.2) is 20.7 Å². The van der Waals surface area contributed by atoms with Gasteiger partial charge in [-0.1, -0.05) is 19.3 Å². The van der Waals surface area contributed by atoms with E-state index in [9.17, 15) is 4.79 Å². The minimum absolute atomic E-state index is 0.104. The van der Waals surface area contributed by atoms with Gasteiger partial charge in [0.05, 0.1) is 6.20 Å². The summed E-state index contributed by atoms with van der Waals surface area (Å²) in [6.07, 6.45) is 11.1. The third-order valence-corrected chi connectivity index (χ3v) is 4.45. The van der Waals surface area contributed by atoms with Gasteiger partial charge in [0, 0.05) is 29.9 Å². The molecule has 1 aliphatic carbocycles. The summed E-state index contributed by atoms with van der Waals surface area (Å²) in [4.78, 5) is 16.6. The molecule has 1 amide bonds. The smallest absolute Gasteiger partial charge is 0.228 e. The molecule has 23 heavy (non-hydrogen) atoms. The molecule has 0 spiro atoms. The first-order chi connectivity index (χ1) is 11.1. The second-order valence-corrected chi connectivity index (χ2v) is 6.56. The van der Waals surface area contributed by atoms with E-state index >= 15 is 0 Å². The number of amides is 1. The van der Waals surface area contributed by atoms with Crippen molar-refractivity contribution in [3.63, 3.8) is 0 Å². The number of hydrogen-bond acceptors (Lipinski definition) is 3. The summed E-state index contributed by atoms with van der Waals surface area (Å²) < 4.78 is 1.93. The van der Waals surface area contributed by atoms with E-state index in [0.29, 0.717) is 11.9 Å². The van der Waals surface area contributed by atoms with Crippen LogP contribution in [0.4, 0.5) is 5.82 Å². The number of nitrogens with zero attached hydrogens (tertiary/aromatic N) is 3. The van der Waals surface area contributed by atoms with Gasteiger partial charge in [-0.25, -0.2) is 4.98 Å². The third-order valence-electron chi connectivity index (χ3n) is 4.45. The van der Waals surface area contributed by atoms with Gasteiger partial charge in [0.2, 0.25) is 5.91 Å². The highest BCUT2D eigenvalue weighted by Gasteiger charge is 2.21. The van der Waals surface area contributed by atoms with Crippen molar-refractivity contribution in [2.24, 2.45) is 5.92 Å². The highest BCUT2D eigenvalue weighted by molar-refractivity contribution is 5.92. The van der Waals surface area contributed by atoms with Gasteiger partial charge in [0.25, 0.3) is 0 Å². The summed E-state index contributed by atoms with van der Waals surface area (Å²) in [6, 6.07) is 4.19. The van der Waals surface area contributed by atoms with Crippen molar-refractivity contribution in [3.8, 4) is 11.1 Å². The van der Waals surface area contributed by atoms with Crippen molar-refractivity contribution in [2.75, 3.05) is 5.32 Å². The second kappa shape index (κ2) is 6.94. The molecule has 0 aromatic carbocycles. The number of anilines is 1. The molecule has 1 N–H and O–H groups in total. The lowest BCUT2D eigenvalue weighted by Gasteiger charge is -2.20. The standard InChI is InChI=1S/C18H24N4O/c1-13(2)22-12-16(11-20-22)15-8-9-19-17(10-15)21-18(23)14-6-4-3-5-7-14/h8-14H,3-7H2,1-2H3,(H,19,21,23). The minimum Gasteiger partial charge on any atom is -0.310 e. The quantitative estimate of drug-likeness (QED) is 0.926. The molecule has 1 fully saturated rings. The van der Waals surface area contributed by atoms with E-state index < -0.39 is 0 Å². The third kappa shape index (κ3) is 3.78. The number of rotatable bonds is 4. The molecule has 3 rings (SSSR count). The summed E-state index contributed by atoms with van der Waals surface area (Å²) in [7, 11) is 0. The molecule has 122 valence electrons. The van der Waals surface area contributed by atoms with Crippen LogP contribution in [0.5, 0.6) is 0 Å². The summed E-state index contributed by atoms with van der Waals surface area (Å²) in [5, 5.41) is 7.34. The fourth-order valence-electron chi connectivity index (χ4n) is 3.04. The van der Waals surface area contributed by atoms with E-state index in [0.717, 1.165) is 36.8 Å². The molecule has 2 aromatic rings. The molecule has 0 saturated heterocycles. The lowest BCUT2D eigenvalue weighted by molar-refractivity contribution is -0.120. The van der Waals surface area contributed by atoms with Gasteiger partial charge in [-0.15, -0.1) is 0 Å². The Morgan fingerprint density at radius 2 is 2.04 bits per heavy atom. The number of hydrogen-bond donors (Lipinski definition) is 1. The minimum atomic E-state index is 0.104. The molecular formula is C18H24N4O. The molecule has 5 nitrogen and oxygen atoms in total. The zero-order valence-corrected chi connectivity index (χ0v) is 13.8. The Bertz CT molecular complexity index is 671. The van der Waals surface area contributed by atoms with Gasteiger partial charge in [-0.05, 0) is 44.4 Å². The van der Waals surface area contributed by atoms with Crippen LogP contribution >= 0.6 is 0 Å². The summed E-state index contributed by atoms with van der Waals surface area (Å²) in [5.74, 6) is 0.862. The van der Waals surface area contributed by atoms with E-state index in [-0.39, 0.29) is 11.8 Å². The highest BCUT2D eigenvalue weighted by Crippen LogP contribution is 2.26.